The average molecular weight is 284 g/mol. The minimum Gasteiger partial charge on any atom is -0.508 e. The van der Waals surface area contributed by atoms with Gasteiger partial charge in [-0.05, 0) is 49.7 Å². The van der Waals surface area contributed by atoms with E-state index in [9.17, 15) is 9.50 Å². The van der Waals surface area contributed by atoms with Gasteiger partial charge in [0, 0.05) is 12.5 Å². The number of phenols is 1. The molecule has 0 aliphatic carbocycles. The lowest BCUT2D eigenvalue weighted by Gasteiger charge is -2.13. The first-order valence-corrected chi connectivity index (χ1v) is 6.99. The zero-order chi connectivity index (χ0) is 15.0. The second-order valence-corrected chi connectivity index (χ2v) is 5.47. The fraction of sp³-hybridized carbons (Fsp3) is 0.235. The van der Waals surface area contributed by atoms with Crippen LogP contribution in [0.3, 0.4) is 0 Å². The molecule has 0 radical (unpaired) electrons. The van der Waals surface area contributed by atoms with Crippen molar-refractivity contribution in [1.82, 2.24) is 9.55 Å². The summed E-state index contributed by atoms with van der Waals surface area (Å²) >= 11 is 0. The molecule has 0 spiro atoms. The number of hydrogen-bond acceptors (Lipinski definition) is 2. The third kappa shape index (κ3) is 2.61. The summed E-state index contributed by atoms with van der Waals surface area (Å²) in [6, 6.07) is 12.0. The van der Waals surface area contributed by atoms with E-state index < -0.39 is 0 Å². The second kappa shape index (κ2) is 5.20. The fourth-order valence-corrected chi connectivity index (χ4v) is 2.67. The Balaban J connectivity index is 2.11. The van der Waals surface area contributed by atoms with Crippen molar-refractivity contribution in [2.45, 2.75) is 26.3 Å². The van der Waals surface area contributed by atoms with Crippen molar-refractivity contribution in [3.05, 3.63) is 59.7 Å². The summed E-state index contributed by atoms with van der Waals surface area (Å²) in [6.07, 6.45) is 0.600. The number of imidazole rings is 1. The van der Waals surface area contributed by atoms with E-state index in [2.05, 4.69) is 18.8 Å². The standard InChI is InChI=1S/C17H17FN2O/c1-11(2)20-16-10-13(18)6-7-15(16)19-17(20)9-12-4-3-5-14(21)8-12/h3-8,10-11,21H,9H2,1-2H3. The first kappa shape index (κ1) is 13.6. The molecule has 0 aliphatic heterocycles. The zero-order valence-electron chi connectivity index (χ0n) is 12.0. The highest BCUT2D eigenvalue weighted by Crippen LogP contribution is 2.24. The van der Waals surface area contributed by atoms with Gasteiger partial charge in [0.15, 0.2) is 0 Å². The summed E-state index contributed by atoms with van der Waals surface area (Å²) in [7, 11) is 0. The molecule has 3 aromatic rings. The second-order valence-electron chi connectivity index (χ2n) is 5.47. The Labute approximate surface area is 122 Å². The number of benzene rings is 2. The van der Waals surface area contributed by atoms with E-state index >= 15 is 0 Å². The van der Waals surface area contributed by atoms with Gasteiger partial charge in [-0.25, -0.2) is 9.37 Å². The highest BCUT2D eigenvalue weighted by molar-refractivity contribution is 5.76. The van der Waals surface area contributed by atoms with Crippen LogP contribution in [0.1, 0.15) is 31.3 Å². The van der Waals surface area contributed by atoms with Crippen LogP contribution in [-0.2, 0) is 6.42 Å². The first-order chi connectivity index (χ1) is 10.0. The first-order valence-electron chi connectivity index (χ1n) is 6.99. The van der Waals surface area contributed by atoms with Gasteiger partial charge in [-0.15, -0.1) is 0 Å². The maximum absolute atomic E-state index is 13.5. The van der Waals surface area contributed by atoms with Crippen molar-refractivity contribution < 1.29 is 9.50 Å². The van der Waals surface area contributed by atoms with Crippen molar-refractivity contribution >= 4 is 11.0 Å². The summed E-state index contributed by atoms with van der Waals surface area (Å²) in [6.45, 7) is 4.11. The molecule has 1 heterocycles. The molecule has 0 unspecified atom stereocenters. The highest BCUT2D eigenvalue weighted by Gasteiger charge is 2.14. The quantitative estimate of drug-likeness (QED) is 0.788. The lowest BCUT2D eigenvalue weighted by Crippen LogP contribution is -2.07. The molecule has 2 aromatic carbocycles. The summed E-state index contributed by atoms with van der Waals surface area (Å²) in [5.74, 6) is 0.857. The molecule has 108 valence electrons. The van der Waals surface area contributed by atoms with Gasteiger partial charge in [-0.3, -0.25) is 0 Å². The van der Waals surface area contributed by atoms with E-state index in [0.29, 0.717) is 6.42 Å². The van der Waals surface area contributed by atoms with Gasteiger partial charge in [-0.2, -0.15) is 0 Å². The molecular formula is C17H17FN2O. The molecule has 0 aliphatic rings. The average Bonchev–Trinajstić information content (AvgIpc) is 2.75. The maximum Gasteiger partial charge on any atom is 0.125 e. The van der Waals surface area contributed by atoms with Gasteiger partial charge < -0.3 is 9.67 Å². The minimum absolute atomic E-state index is 0.184. The van der Waals surface area contributed by atoms with Gasteiger partial charge in [0.05, 0.1) is 11.0 Å². The molecule has 0 saturated heterocycles. The Kier molecular flexibility index (Phi) is 3.37. The number of aromatic nitrogens is 2. The van der Waals surface area contributed by atoms with E-state index in [1.54, 1.807) is 18.2 Å². The van der Waals surface area contributed by atoms with E-state index in [1.807, 2.05) is 16.7 Å². The summed E-state index contributed by atoms with van der Waals surface area (Å²) in [4.78, 5) is 4.61. The number of rotatable bonds is 3. The van der Waals surface area contributed by atoms with Crippen LogP contribution in [-0.4, -0.2) is 14.7 Å². The van der Waals surface area contributed by atoms with E-state index in [4.69, 9.17) is 0 Å². The van der Waals surface area contributed by atoms with E-state index in [-0.39, 0.29) is 17.6 Å². The van der Waals surface area contributed by atoms with Crippen LogP contribution in [0.15, 0.2) is 42.5 Å². The van der Waals surface area contributed by atoms with Crippen LogP contribution in [0.4, 0.5) is 4.39 Å². The Bertz CT molecular complexity index is 793. The van der Waals surface area contributed by atoms with E-state index in [1.165, 1.54) is 12.1 Å². The number of phenolic OH excluding ortho intramolecular Hbond substituents is 1. The Morgan fingerprint density at radius 3 is 2.71 bits per heavy atom. The van der Waals surface area contributed by atoms with Gasteiger partial charge in [0.25, 0.3) is 0 Å². The maximum atomic E-state index is 13.5. The number of aromatic hydroxyl groups is 1. The predicted molar refractivity (Wildman–Crippen MR) is 81.0 cm³/mol. The van der Waals surface area contributed by atoms with Crippen LogP contribution in [0, 0.1) is 5.82 Å². The third-order valence-corrected chi connectivity index (χ3v) is 3.51. The highest BCUT2D eigenvalue weighted by atomic mass is 19.1. The summed E-state index contributed by atoms with van der Waals surface area (Å²) < 4.78 is 15.5. The Morgan fingerprint density at radius 2 is 2.00 bits per heavy atom. The van der Waals surface area contributed by atoms with Crippen molar-refractivity contribution in [1.29, 1.82) is 0 Å². The molecule has 0 bridgehead atoms. The van der Waals surface area contributed by atoms with Crippen molar-refractivity contribution in [2.75, 3.05) is 0 Å². The number of fused-ring (bicyclic) bond motifs is 1. The van der Waals surface area contributed by atoms with Crippen molar-refractivity contribution in [3.63, 3.8) is 0 Å². The fourth-order valence-electron chi connectivity index (χ4n) is 2.67. The van der Waals surface area contributed by atoms with Crippen LogP contribution >= 0.6 is 0 Å². The molecular weight excluding hydrogens is 267 g/mol. The largest absolute Gasteiger partial charge is 0.508 e. The number of halogens is 1. The van der Waals surface area contributed by atoms with Crippen molar-refractivity contribution in [2.24, 2.45) is 0 Å². The molecule has 4 heteroatoms. The predicted octanol–water partition coefficient (Wildman–Crippen LogP) is 4.05. The molecule has 3 nitrogen and oxygen atoms in total. The van der Waals surface area contributed by atoms with Gasteiger partial charge in [0.2, 0.25) is 0 Å². The molecule has 0 atom stereocenters. The Morgan fingerprint density at radius 1 is 1.19 bits per heavy atom. The summed E-state index contributed by atoms with van der Waals surface area (Å²) in [5, 5.41) is 9.57. The van der Waals surface area contributed by atoms with Crippen molar-refractivity contribution in [3.8, 4) is 5.75 Å². The zero-order valence-corrected chi connectivity index (χ0v) is 12.0. The van der Waals surface area contributed by atoms with Crippen LogP contribution in [0.25, 0.3) is 11.0 Å². The van der Waals surface area contributed by atoms with Crippen LogP contribution in [0.2, 0.25) is 0 Å². The topological polar surface area (TPSA) is 38.0 Å². The SMILES string of the molecule is CC(C)n1c(Cc2cccc(O)c2)nc2ccc(F)cc21. The van der Waals surface area contributed by atoms with Gasteiger partial charge in [0.1, 0.15) is 17.4 Å². The lowest BCUT2D eigenvalue weighted by atomic mass is 10.1. The molecule has 1 aromatic heterocycles. The van der Waals surface area contributed by atoms with Crippen LogP contribution in [0.5, 0.6) is 5.75 Å². The lowest BCUT2D eigenvalue weighted by molar-refractivity contribution is 0.474. The molecule has 0 fully saturated rings. The normalized spacial score (nSPS) is 11.4. The monoisotopic (exact) mass is 284 g/mol. The summed E-state index contributed by atoms with van der Waals surface area (Å²) in [5.41, 5.74) is 2.58. The van der Waals surface area contributed by atoms with E-state index in [0.717, 1.165) is 22.4 Å². The molecule has 1 N–H and O–H groups in total. The van der Waals surface area contributed by atoms with Gasteiger partial charge >= 0.3 is 0 Å². The minimum atomic E-state index is -0.256. The molecule has 0 amide bonds. The van der Waals surface area contributed by atoms with Crippen LogP contribution < -0.4 is 0 Å². The number of nitrogens with zero attached hydrogens (tertiary/aromatic N) is 2. The Hall–Kier alpha value is -2.36. The van der Waals surface area contributed by atoms with Gasteiger partial charge in [-0.1, -0.05) is 12.1 Å². The molecule has 0 saturated carbocycles. The molecule has 3 rings (SSSR count). The number of hydrogen-bond donors (Lipinski definition) is 1. The smallest absolute Gasteiger partial charge is 0.125 e. The third-order valence-electron chi connectivity index (χ3n) is 3.51. The molecule has 21 heavy (non-hydrogen) atoms.